The average molecular weight is 362 g/mol. The number of carbonyl (C=O) groups excluding carboxylic acids is 2. The molecule has 1 aliphatic rings. The monoisotopic (exact) mass is 362 g/mol. The number of nitrogens with one attached hydrogen (secondary N) is 2. The van der Waals surface area contributed by atoms with Crippen LogP contribution in [-0.2, 0) is 15.0 Å². The second-order valence-electron chi connectivity index (χ2n) is 6.28. The minimum absolute atomic E-state index is 0.131. The lowest BCUT2D eigenvalue weighted by atomic mass is 9.94. The van der Waals surface area contributed by atoms with E-state index in [1.54, 1.807) is 0 Å². The number of rotatable bonds is 5. The van der Waals surface area contributed by atoms with Crippen LogP contribution < -0.4 is 10.6 Å². The summed E-state index contributed by atoms with van der Waals surface area (Å²) in [7, 11) is 1.38. The lowest BCUT2D eigenvalue weighted by Gasteiger charge is -2.22. The van der Waals surface area contributed by atoms with E-state index in [9.17, 15) is 22.8 Å². The minimum atomic E-state index is -1.17. The van der Waals surface area contributed by atoms with E-state index in [1.807, 2.05) is 0 Å². The van der Waals surface area contributed by atoms with Crippen molar-refractivity contribution in [1.29, 1.82) is 0 Å². The number of hydrogen-bond donors (Lipinski definition) is 2. The third kappa shape index (κ3) is 3.29. The van der Waals surface area contributed by atoms with E-state index in [-0.39, 0.29) is 5.56 Å². The Labute approximate surface area is 148 Å². The third-order valence-electron chi connectivity index (χ3n) is 4.64. The molecule has 1 aliphatic carbocycles. The lowest BCUT2D eigenvalue weighted by molar-refractivity contribution is -0.130. The molecule has 26 heavy (non-hydrogen) atoms. The van der Waals surface area contributed by atoms with Crippen LogP contribution in [0.25, 0.3) is 0 Å². The van der Waals surface area contributed by atoms with Crippen LogP contribution in [0.5, 0.6) is 0 Å². The highest BCUT2D eigenvalue weighted by Crippen LogP contribution is 2.48. The van der Waals surface area contributed by atoms with Crippen molar-refractivity contribution in [3.05, 3.63) is 71.0 Å². The summed E-state index contributed by atoms with van der Waals surface area (Å²) in [5.41, 5.74) is -0.0534. The van der Waals surface area contributed by atoms with Gasteiger partial charge in [0.2, 0.25) is 11.8 Å². The van der Waals surface area contributed by atoms with E-state index >= 15 is 0 Å². The van der Waals surface area contributed by atoms with E-state index in [0.717, 1.165) is 12.1 Å². The Morgan fingerprint density at radius 2 is 1.65 bits per heavy atom. The van der Waals surface area contributed by atoms with Gasteiger partial charge in [-0.05, 0) is 48.2 Å². The summed E-state index contributed by atoms with van der Waals surface area (Å²) in [4.78, 5) is 25.0. The first-order valence-corrected chi connectivity index (χ1v) is 8.11. The molecule has 0 unspecified atom stereocenters. The summed E-state index contributed by atoms with van der Waals surface area (Å²) in [5, 5.41) is 5.02. The van der Waals surface area contributed by atoms with Gasteiger partial charge in [0.05, 0.1) is 5.41 Å². The van der Waals surface area contributed by atoms with Crippen LogP contribution >= 0.6 is 0 Å². The van der Waals surface area contributed by atoms with E-state index in [0.29, 0.717) is 18.4 Å². The van der Waals surface area contributed by atoms with Gasteiger partial charge in [-0.15, -0.1) is 0 Å². The predicted molar refractivity (Wildman–Crippen MR) is 88.6 cm³/mol. The molecule has 0 heterocycles. The molecule has 136 valence electrons. The van der Waals surface area contributed by atoms with Crippen LogP contribution in [0.1, 0.15) is 30.0 Å². The molecule has 0 radical (unpaired) electrons. The number of likely N-dealkylation sites (N-methyl/N-ethyl adjacent to an activating group) is 1. The van der Waals surface area contributed by atoms with Crippen molar-refractivity contribution in [1.82, 2.24) is 10.6 Å². The minimum Gasteiger partial charge on any atom is -0.357 e. The van der Waals surface area contributed by atoms with Crippen LogP contribution in [-0.4, -0.2) is 18.9 Å². The molecule has 1 atom stereocenters. The number of carbonyl (C=O) groups is 2. The smallest absolute Gasteiger partial charge is 0.246 e. The Balaban J connectivity index is 1.87. The summed E-state index contributed by atoms with van der Waals surface area (Å²) in [5.74, 6) is -3.53. The highest BCUT2D eigenvalue weighted by Gasteiger charge is 2.52. The summed E-state index contributed by atoms with van der Waals surface area (Å²) < 4.78 is 39.8. The van der Waals surface area contributed by atoms with Crippen molar-refractivity contribution >= 4 is 11.8 Å². The van der Waals surface area contributed by atoms with Crippen LogP contribution in [0.2, 0.25) is 0 Å². The fraction of sp³-hybridized carbons (Fsp3) is 0.263. The van der Waals surface area contributed by atoms with Crippen LogP contribution in [0.15, 0.2) is 42.5 Å². The second-order valence-corrected chi connectivity index (χ2v) is 6.28. The summed E-state index contributed by atoms with van der Waals surface area (Å²) in [6, 6.07) is 7.48. The van der Waals surface area contributed by atoms with Gasteiger partial charge in [0, 0.05) is 7.05 Å². The van der Waals surface area contributed by atoms with Gasteiger partial charge in [0.25, 0.3) is 0 Å². The molecule has 0 saturated heterocycles. The zero-order chi connectivity index (χ0) is 18.9. The van der Waals surface area contributed by atoms with Gasteiger partial charge >= 0.3 is 0 Å². The number of benzene rings is 2. The van der Waals surface area contributed by atoms with Crippen LogP contribution in [0.3, 0.4) is 0 Å². The molecule has 0 aliphatic heterocycles. The molecule has 2 amide bonds. The largest absolute Gasteiger partial charge is 0.357 e. The quantitative estimate of drug-likeness (QED) is 0.859. The zero-order valence-corrected chi connectivity index (χ0v) is 14.0. The number of amides is 2. The average Bonchev–Trinajstić information content (AvgIpc) is 3.44. The topological polar surface area (TPSA) is 58.2 Å². The lowest BCUT2D eigenvalue weighted by Crippen LogP contribution is -2.43. The number of hydrogen-bond acceptors (Lipinski definition) is 2. The third-order valence-corrected chi connectivity index (χ3v) is 4.64. The Hall–Kier alpha value is -2.83. The second kappa shape index (κ2) is 6.82. The molecule has 7 heteroatoms. The molecule has 0 aromatic heterocycles. The molecule has 0 bridgehead atoms. The van der Waals surface area contributed by atoms with E-state index in [1.165, 1.54) is 37.4 Å². The van der Waals surface area contributed by atoms with E-state index in [4.69, 9.17) is 0 Å². The Morgan fingerprint density at radius 1 is 1.00 bits per heavy atom. The van der Waals surface area contributed by atoms with E-state index < -0.39 is 40.7 Å². The van der Waals surface area contributed by atoms with Crippen molar-refractivity contribution in [3.63, 3.8) is 0 Å². The highest BCUT2D eigenvalue weighted by molar-refractivity contribution is 5.95. The first-order chi connectivity index (χ1) is 12.4. The Morgan fingerprint density at radius 3 is 2.19 bits per heavy atom. The zero-order valence-electron chi connectivity index (χ0n) is 14.0. The molecule has 2 N–H and O–H groups in total. The van der Waals surface area contributed by atoms with Crippen molar-refractivity contribution in [3.8, 4) is 0 Å². The first kappa shape index (κ1) is 18.0. The van der Waals surface area contributed by atoms with Crippen LogP contribution in [0, 0.1) is 17.5 Å². The van der Waals surface area contributed by atoms with Crippen molar-refractivity contribution in [2.45, 2.75) is 24.3 Å². The highest BCUT2D eigenvalue weighted by atomic mass is 19.2. The molecule has 2 aromatic rings. The Kier molecular flexibility index (Phi) is 4.71. The fourth-order valence-electron chi connectivity index (χ4n) is 2.95. The van der Waals surface area contributed by atoms with Crippen LogP contribution in [0.4, 0.5) is 13.2 Å². The molecule has 4 nitrogen and oxygen atoms in total. The maximum atomic E-state index is 13.5. The summed E-state index contributed by atoms with van der Waals surface area (Å²) >= 11 is 0. The molecule has 1 fully saturated rings. The molecule has 1 saturated carbocycles. The standard InChI is InChI=1S/C19H17F3N2O2/c1-23-17(25)16(11-2-7-14(21)15(22)10-11)24-18(26)19(8-9-19)12-3-5-13(20)6-4-12/h2-7,10,16H,8-9H2,1H3,(H,23,25)(H,24,26)/t16-/m1/s1. The normalized spacial score (nSPS) is 15.8. The van der Waals surface area contributed by atoms with Gasteiger partial charge in [-0.25, -0.2) is 13.2 Å². The van der Waals surface area contributed by atoms with Crippen molar-refractivity contribution in [2.24, 2.45) is 0 Å². The fourth-order valence-corrected chi connectivity index (χ4v) is 2.95. The van der Waals surface area contributed by atoms with Gasteiger partial charge in [-0.1, -0.05) is 18.2 Å². The Bertz CT molecular complexity index is 848. The molecule has 3 rings (SSSR count). The van der Waals surface area contributed by atoms with Crippen molar-refractivity contribution < 1.29 is 22.8 Å². The predicted octanol–water partition coefficient (Wildman–Crippen LogP) is 2.74. The molecular formula is C19H17F3N2O2. The van der Waals surface area contributed by atoms with Gasteiger partial charge in [0.15, 0.2) is 11.6 Å². The number of halogens is 3. The summed E-state index contributed by atoms with van der Waals surface area (Å²) in [6.45, 7) is 0. The van der Waals surface area contributed by atoms with Gasteiger partial charge < -0.3 is 10.6 Å². The van der Waals surface area contributed by atoms with Gasteiger partial charge in [-0.3, -0.25) is 9.59 Å². The van der Waals surface area contributed by atoms with Gasteiger partial charge in [-0.2, -0.15) is 0 Å². The van der Waals surface area contributed by atoms with Gasteiger partial charge in [0.1, 0.15) is 11.9 Å². The molecule has 0 spiro atoms. The first-order valence-electron chi connectivity index (χ1n) is 8.11. The SMILES string of the molecule is CNC(=O)[C@H](NC(=O)C1(c2ccc(F)cc2)CC1)c1ccc(F)c(F)c1. The maximum absolute atomic E-state index is 13.5. The summed E-state index contributed by atoms with van der Waals surface area (Å²) in [6.07, 6.45) is 1.12. The van der Waals surface area contributed by atoms with E-state index in [2.05, 4.69) is 10.6 Å². The molecule has 2 aromatic carbocycles. The van der Waals surface area contributed by atoms with Crippen molar-refractivity contribution in [2.75, 3.05) is 7.05 Å². The molecular weight excluding hydrogens is 345 g/mol. The maximum Gasteiger partial charge on any atom is 0.246 e.